The average molecular weight is 450 g/mol. The van der Waals surface area contributed by atoms with E-state index in [1.165, 1.54) is 0 Å². The minimum absolute atomic E-state index is 0.0155. The van der Waals surface area contributed by atoms with Crippen molar-refractivity contribution in [1.82, 2.24) is 10.2 Å². The lowest BCUT2D eigenvalue weighted by molar-refractivity contribution is -0.133. The van der Waals surface area contributed by atoms with Gasteiger partial charge in [-0.1, -0.05) is 13.0 Å². The summed E-state index contributed by atoms with van der Waals surface area (Å²) in [5, 5.41) is 2.96. The molecule has 0 saturated carbocycles. The number of sulfone groups is 1. The van der Waals surface area contributed by atoms with Crippen molar-refractivity contribution in [3.05, 3.63) is 29.3 Å². The Labute approximate surface area is 186 Å². The van der Waals surface area contributed by atoms with Crippen LogP contribution in [0.3, 0.4) is 0 Å². The summed E-state index contributed by atoms with van der Waals surface area (Å²) in [6.07, 6.45) is 2.96. The van der Waals surface area contributed by atoms with E-state index < -0.39 is 9.84 Å². The first-order valence-corrected chi connectivity index (χ1v) is 13.1. The first-order valence-electron chi connectivity index (χ1n) is 11.3. The van der Waals surface area contributed by atoms with Crippen molar-refractivity contribution in [1.29, 1.82) is 0 Å². The van der Waals surface area contributed by atoms with Crippen molar-refractivity contribution < 1.29 is 18.0 Å². The number of nitrogens with one attached hydrogen (secondary N) is 1. The molecule has 0 bridgehead atoms. The summed E-state index contributed by atoms with van der Waals surface area (Å²) in [4.78, 5) is 29.9. The molecule has 0 aromatic heterocycles. The highest BCUT2D eigenvalue weighted by Crippen LogP contribution is 2.31. The first-order chi connectivity index (χ1) is 14.6. The van der Waals surface area contributed by atoms with E-state index in [1.807, 2.05) is 50.8 Å². The van der Waals surface area contributed by atoms with E-state index in [1.54, 1.807) is 4.90 Å². The predicted molar refractivity (Wildman–Crippen MR) is 123 cm³/mol. The van der Waals surface area contributed by atoms with Crippen LogP contribution in [-0.4, -0.2) is 67.9 Å². The van der Waals surface area contributed by atoms with Crippen LogP contribution < -0.4 is 10.2 Å². The number of fused-ring (bicyclic) bond motifs is 1. The van der Waals surface area contributed by atoms with Gasteiger partial charge >= 0.3 is 0 Å². The van der Waals surface area contributed by atoms with Crippen LogP contribution in [0.25, 0.3) is 0 Å². The van der Waals surface area contributed by atoms with E-state index in [9.17, 15) is 18.0 Å². The van der Waals surface area contributed by atoms with Gasteiger partial charge in [0.2, 0.25) is 5.91 Å². The Morgan fingerprint density at radius 2 is 2.00 bits per heavy atom. The number of hydrogen-bond acceptors (Lipinski definition) is 5. The molecule has 2 aliphatic rings. The molecule has 7 nitrogen and oxygen atoms in total. The molecule has 2 aliphatic heterocycles. The molecule has 1 fully saturated rings. The van der Waals surface area contributed by atoms with Crippen LogP contribution >= 0.6 is 0 Å². The van der Waals surface area contributed by atoms with Crippen molar-refractivity contribution in [2.75, 3.05) is 29.5 Å². The van der Waals surface area contributed by atoms with Gasteiger partial charge in [-0.15, -0.1) is 0 Å². The van der Waals surface area contributed by atoms with Gasteiger partial charge in [0.25, 0.3) is 5.91 Å². The molecule has 0 aliphatic carbocycles. The van der Waals surface area contributed by atoms with Crippen LogP contribution in [0.2, 0.25) is 0 Å². The molecule has 172 valence electrons. The predicted octanol–water partition coefficient (Wildman–Crippen LogP) is 2.39. The average Bonchev–Trinajstić information content (AvgIpc) is 3.06. The second kappa shape index (κ2) is 9.59. The molecule has 0 spiro atoms. The summed E-state index contributed by atoms with van der Waals surface area (Å²) in [7, 11) is -3.07. The molecule has 31 heavy (non-hydrogen) atoms. The fourth-order valence-electron chi connectivity index (χ4n) is 4.66. The Bertz CT molecular complexity index is 929. The second-order valence-electron chi connectivity index (χ2n) is 9.07. The summed E-state index contributed by atoms with van der Waals surface area (Å²) in [5.74, 6) is 0.0801. The Morgan fingerprint density at radius 3 is 2.61 bits per heavy atom. The highest BCUT2D eigenvalue weighted by molar-refractivity contribution is 7.91. The van der Waals surface area contributed by atoms with E-state index in [0.29, 0.717) is 12.0 Å². The number of nitrogens with zero attached hydrogens (tertiary/aromatic N) is 2. The number of carbonyl (C=O) groups excluding carboxylic acids is 2. The standard InChI is InChI=1S/C23H35N3O4S/c1-5-17(4)26(18-11-13-31(29,30)15-18)22(27)14-25-12-7-9-19-20(8-6-10-21(19)25)23(28)24-16(2)3/h6,8,10,16-18H,5,7,9,11-15H2,1-4H3,(H,24,28). The van der Waals surface area contributed by atoms with Gasteiger partial charge in [-0.2, -0.15) is 0 Å². The molecule has 1 aromatic carbocycles. The van der Waals surface area contributed by atoms with Crippen molar-refractivity contribution in [2.45, 2.75) is 71.5 Å². The smallest absolute Gasteiger partial charge is 0.251 e. The Kier molecular flexibility index (Phi) is 7.29. The summed E-state index contributed by atoms with van der Waals surface area (Å²) in [6.45, 7) is 8.82. The minimum Gasteiger partial charge on any atom is -0.362 e. The highest BCUT2D eigenvalue weighted by Gasteiger charge is 2.37. The topological polar surface area (TPSA) is 86.8 Å². The number of carbonyl (C=O) groups is 2. The van der Waals surface area contributed by atoms with Crippen LogP contribution in [0.4, 0.5) is 5.69 Å². The fourth-order valence-corrected chi connectivity index (χ4v) is 6.37. The quantitative estimate of drug-likeness (QED) is 0.691. The van der Waals surface area contributed by atoms with Crippen molar-refractivity contribution in [3.8, 4) is 0 Å². The normalized spacial score (nSPS) is 20.9. The molecule has 0 radical (unpaired) electrons. The Balaban J connectivity index is 1.83. The summed E-state index contributed by atoms with van der Waals surface area (Å²) in [5.41, 5.74) is 2.58. The lowest BCUT2D eigenvalue weighted by Crippen LogP contribution is -2.51. The molecule has 2 amide bonds. The largest absolute Gasteiger partial charge is 0.362 e. The molecule has 2 unspecified atom stereocenters. The molecule has 2 atom stereocenters. The van der Waals surface area contributed by atoms with Crippen LogP contribution in [0, 0.1) is 0 Å². The summed E-state index contributed by atoms with van der Waals surface area (Å²) in [6, 6.07) is 5.47. The molecular weight excluding hydrogens is 414 g/mol. The number of rotatable bonds is 7. The van der Waals surface area contributed by atoms with E-state index in [0.717, 1.165) is 37.1 Å². The maximum absolute atomic E-state index is 13.4. The molecule has 8 heteroatoms. The molecule has 2 heterocycles. The van der Waals surface area contributed by atoms with Gasteiger partial charge in [-0.05, 0) is 64.2 Å². The third kappa shape index (κ3) is 5.40. The zero-order valence-corrected chi connectivity index (χ0v) is 19.9. The molecule has 1 saturated heterocycles. The van der Waals surface area contributed by atoms with Crippen molar-refractivity contribution >= 4 is 27.3 Å². The number of benzene rings is 1. The van der Waals surface area contributed by atoms with Gasteiger partial charge in [0.1, 0.15) is 0 Å². The van der Waals surface area contributed by atoms with Crippen LogP contribution in [0.5, 0.6) is 0 Å². The lowest BCUT2D eigenvalue weighted by Gasteiger charge is -2.38. The molecule has 3 rings (SSSR count). The third-order valence-electron chi connectivity index (χ3n) is 6.29. The summed E-state index contributed by atoms with van der Waals surface area (Å²) < 4.78 is 24.0. The second-order valence-corrected chi connectivity index (χ2v) is 11.3. The van der Waals surface area contributed by atoms with Crippen LogP contribution in [0.15, 0.2) is 18.2 Å². The van der Waals surface area contributed by atoms with E-state index in [-0.39, 0.29) is 48.0 Å². The van der Waals surface area contributed by atoms with E-state index >= 15 is 0 Å². The van der Waals surface area contributed by atoms with Gasteiger partial charge in [-0.3, -0.25) is 9.59 Å². The van der Waals surface area contributed by atoms with Crippen LogP contribution in [0.1, 0.15) is 62.9 Å². The van der Waals surface area contributed by atoms with Gasteiger partial charge in [0, 0.05) is 35.9 Å². The van der Waals surface area contributed by atoms with Crippen molar-refractivity contribution in [2.24, 2.45) is 0 Å². The zero-order valence-electron chi connectivity index (χ0n) is 19.1. The van der Waals surface area contributed by atoms with Crippen molar-refractivity contribution in [3.63, 3.8) is 0 Å². The van der Waals surface area contributed by atoms with E-state index in [2.05, 4.69) is 5.32 Å². The molecule has 1 N–H and O–H groups in total. The zero-order chi connectivity index (χ0) is 22.8. The van der Waals surface area contributed by atoms with Gasteiger partial charge in [0.15, 0.2) is 9.84 Å². The van der Waals surface area contributed by atoms with E-state index in [4.69, 9.17) is 0 Å². The van der Waals surface area contributed by atoms with Gasteiger partial charge in [-0.25, -0.2) is 8.42 Å². The first kappa shape index (κ1) is 23.6. The number of anilines is 1. The lowest BCUT2D eigenvalue weighted by atomic mass is 9.95. The van der Waals surface area contributed by atoms with Gasteiger partial charge < -0.3 is 15.1 Å². The molecule has 1 aromatic rings. The van der Waals surface area contributed by atoms with Gasteiger partial charge in [0.05, 0.1) is 18.1 Å². The number of amides is 2. The SMILES string of the molecule is CCC(C)N(C(=O)CN1CCCc2c(C(=O)NC(C)C)cccc21)C1CCS(=O)(=O)C1. The third-order valence-corrected chi connectivity index (χ3v) is 8.04. The Hall–Kier alpha value is -2.09. The number of hydrogen-bond donors (Lipinski definition) is 1. The maximum atomic E-state index is 13.4. The molecular formula is C23H35N3O4S. The van der Waals surface area contributed by atoms with Crippen LogP contribution in [-0.2, 0) is 21.1 Å². The Morgan fingerprint density at radius 1 is 1.26 bits per heavy atom. The maximum Gasteiger partial charge on any atom is 0.251 e. The fraction of sp³-hybridized carbons (Fsp3) is 0.652. The monoisotopic (exact) mass is 449 g/mol. The summed E-state index contributed by atoms with van der Waals surface area (Å²) >= 11 is 0. The minimum atomic E-state index is -3.07. The highest BCUT2D eigenvalue weighted by atomic mass is 32.2.